The molecule has 2 aliphatic rings. The van der Waals surface area contributed by atoms with Crippen molar-refractivity contribution >= 4 is 28.9 Å². The van der Waals surface area contributed by atoms with E-state index >= 15 is 0 Å². The van der Waals surface area contributed by atoms with E-state index in [1.54, 1.807) is 0 Å². The Bertz CT molecular complexity index is 1080. The van der Waals surface area contributed by atoms with Crippen molar-refractivity contribution in [1.82, 2.24) is 9.80 Å². The Hall–Kier alpha value is -3.15. The number of amides is 1. The number of aliphatic imine (C=N–C) groups is 1. The van der Waals surface area contributed by atoms with Gasteiger partial charge in [0.1, 0.15) is 0 Å². The third-order valence-electron chi connectivity index (χ3n) is 5.89. The number of amidine groups is 1. The van der Waals surface area contributed by atoms with E-state index in [1.165, 1.54) is 22.9 Å². The summed E-state index contributed by atoms with van der Waals surface area (Å²) in [4.78, 5) is 22.3. The zero-order valence-electron chi connectivity index (χ0n) is 17.8. The van der Waals surface area contributed by atoms with E-state index in [1.807, 2.05) is 36.4 Å². The highest BCUT2D eigenvalue weighted by atomic mass is 32.2. The molecule has 3 aromatic rings. The molecular formula is C27H25N3OS. The van der Waals surface area contributed by atoms with Crippen LogP contribution in [0.15, 0.2) is 101 Å². The van der Waals surface area contributed by atoms with Gasteiger partial charge in [0.25, 0.3) is 5.91 Å². The number of benzene rings is 3. The topological polar surface area (TPSA) is 35.9 Å². The van der Waals surface area contributed by atoms with Gasteiger partial charge in [-0.25, -0.2) is 0 Å². The summed E-state index contributed by atoms with van der Waals surface area (Å²) in [6.45, 7) is 3.54. The molecule has 0 unspecified atom stereocenters. The number of thioether (sulfide) groups is 1. The van der Waals surface area contributed by atoms with Gasteiger partial charge in [-0.1, -0.05) is 91.0 Å². The number of nitrogens with zero attached hydrogens (tertiary/aromatic N) is 3. The second-order valence-corrected chi connectivity index (χ2v) is 8.98. The van der Waals surface area contributed by atoms with Crippen LogP contribution in [-0.2, 0) is 4.79 Å². The molecule has 0 aromatic heterocycles. The Morgan fingerprint density at radius 2 is 1.28 bits per heavy atom. The highest BCUT2D eigenvalue weighted by Gasteiger charge is 2.31. The van der Waals surface area contributed by atoms with E-state index < -0.39 is 0 Å². The molecular weight excluding hydrogens is 414 g/mol. The molecule has 3 aromatic carbocycles. The predicted octanol–water partition coefficient (Wildman–Crippen LogP) is 5.06. The van der Waals surface area contributed by atoms with Crippen LogP contribution >= 0.6 is 11.8 Å². The van der Waals surface area contributed by atoms with Crippen molar-refractivity contribution in [1.29, 1.82) is 0 Å². The zero-order valence-corrected chi connectivity index (χ0v) is 18.6. The molecule has 5 heteroatoms. The first-order chi connectivity index (χ1) is 15.8. The van der Waals surface area contributed by atoms with Gasteiger partial charge in [0.05, 0.1) is 10.9 Å². The summed E-state index contributed by atoms with van der Waals surface area (Å²) in [7, 11) is 0. The first-order valence-electron chi connectivity index (χ1n) is 10.9. The van der Waals surface area contributed by atoms with Gasteiger partial charge < -0.3 is 4.90 Å². The maximum atomic E-state index is 12.5. The minimum atomic E-state index is -0.136. The molecule has 32 heavy (non-hydrogen) atoms. The summed E-state index contributed by atoms with van der Waals surface area (Å²) in [5, 5.41) is 0.827. The van der Waals surface area contributed by atoms with Gasteiger partial charge in [0.15, 0.2) is 5.17 Å². The van der Waals surface area contributed by atoms with E-state index in [0.29, 0.717) is 4.91 Å². The van der Waals surface area contributed by atoms with Gasteiger partial charge in [0.2, 0.25) is 0 Å². The molecule has 0 spiro atoms. The van der Waals surface area contributed by atoms with Gasteiger partial charge in [-0.3, -0.25) is 9.69 Å². The Balaban J connectivity index is 1.29. The van der Waals surface area contributed by atoms with Crippen LogP contribution in [0.3, 0.4) is 0 Å². The normalized spacial score (nSPS) is 18.4. The third-order valence-corrected chi connectivity index (χ3v) is 6.93. The summed E-state index contributed by atoms with van der Waals surface area (Å²) in [5.41, 5.74) is 3.64. The predicted molar refractivity (Wildman–Crippen MR) is 132 cm³/mol. The fourth-order valence-electron chi connectivity index (χ4n) is 4.29. The van der Waals surface area contributed by atoms with Crippen LogP contribution in [0, 0.1) is 0 Å². The number of carbonyl (C=O) groups excluding carboxylic acids is 1. The first kappa shape index (κ1) is 20.7. The molecule has 4 nitrogen and oxygen atoms in total. The third kappa shape index (κ3) is 4.54. The van der Waals surface area contributed by atoms with Crippen molar-refractivity contribution in [2.24, 2.45) is 4.99 Å². The molecule has 0 aliphatic carbocycles. The maximum absolute atomic E-state index is 12.5. The van der Waals surface area contributed by atoms with Crippen LogP contribution < -0.4 is 0 Å². The largest absolute Gasteiger partial charge is 0.348 e. The molecule has 2 aliphatic heterocycles. The molecule has 160 valence electrons. The van der Waals surface area contributed by atoms with E-state index in [9.17, 15) is 4.79 Å². The van der Waals surface area contributed by atoms with E-state index in [0.717, 1.165) is 36.9 Å². The Kier molecular flexibility index (Phi) is 6.19. The summed E-state index contributed by atoms with van der Waals surface area (Å²) in [6.07, 6.45) is 1.93. The van der Waals surface area contributed by atoms with Crippen LogP contribution in [0.25, 0.3) is 6.08 Å². The summed E-state index contributed by atoms with van der Waals surface area (Å²) in [5.74, 6) is -0.136. The Labute approximate surface area is 193 Å². The molecule has 2 heterocycles. The number of rotatable bonds is 4. The second-order valence-electron chi connectivity index (χ2n) is 7.97. The Morgan fingerprint density at radius 3 is 1.84 bits per heavy atom. The Morgan fingerprint density at radius 1 is 0.750 bits per heavy atom. The highest BCUT2D eigenvalue weighted by Crippen LogP contribution is 2.33. The summed E-state index contributed by atoms with van der Waals surface area (Å²) in [6, 6.07) is 31.6. The lowest BCUT2D eigenvalue weighted by atomic mass is 9.96. The second kappa shape index (κ2) is 9.55. The molecule has 0 atom stereocenters. The minimum absolute atomic E-state index is 0.136. The quantitative estimate of drug-likeness (QED) is 0.532. The fourth-order valence-corrected chi connectivity index (χ4v) is 5.25. The molecule has 0 N–H and O–H groups in total. The van der Waals surface area contributed by atoms with Gasteiger partial charge in [-0.05, 0) is 34.5 Å². The van der Waals surface area contributed by atoms with Crippen molar-refractivity contribution in [2.75, 3.05) is 26.2 Å². The smallest absolute Gasteiger partial charge is 0.286 e. The average Bonchev–Trinajstić information content (AvgIpc) is 3.22. The minimum Gasteiger partial charge on any atom is -0.348 e. The van der Waals surface area contributed by atoms with Crippen LogP contribution in [0.2, 0.25) is 0 Å². The van der Waals surface area contributed by atoms with E-state index in [4.69, 9.17) is 0 Å². The van der Waals surface area contributed by atoms with Gasteiger partial charge in [-0.15, -0.1) is 0 Å². The molecule has 0 saturated carbocycles. The van der Waals surface area contributed by atoms with Gasteiger partial charge >= 0.3 is 0 Å². The highest BCUT2D eigenvalue weighted by molar-refractivity contribution is 8.18. The van der Waals surface area contributed by atoms with Crippen LogP contribution in [0.4, 0.5) is 0 Å². The zero-order chi connectivity index (χ0) is 21.8. The molecule has 0 bridgehead atoms. The van der Waals surface area contributed by atoms with Crippen LogP contribution in [0.5, 0.6) is 0 Å². The van der Waals surface area contributed by atoms with Crippen molar-refractivity contribution in [3.8, 4) is 0 Å². The van der Waals surface area contributed by atoms with E-state index in [-0.39, 0.29) is 11.9 Å². The van der Waals surface area contributed by atoms with Crippen LogP contribution in [-0.4, -0.2) is 47.1 Å². The lowest BCUT2D eigenvalue weighted by molar-refractivity contribution is -0.113. The van der Waals surface area contributed by atoms with Gasteiger partial charge in [0, 0.05) is 26.2 Å². The van der Waals surface area contributed by atoms with Crippen molar-refractivity contribution in [3.63, 3.8) is 0 Å². The van der Waals surface area contributed by atoms with Gasteiger partial charge in [-0.2, -0.15) is 4.99 Å². The molecule has 5 rings (SSSR count). The van der Waals surface area contributed by atoms with E-state index in [2.05, 4.69) is 75.5 Å². The number of hydrogen-bond acceptors (Lipinski definition) is 4. The lowest BCUT2D eigenvalue weighted by Crippen LogP contribution is -2.49. The van der Waals surface area contributed by atoms with Crippen LogP contribution in [0.1, 0.15) is 22.7 Å². The van der Waals surface area contributed by atoms with Crippen molar-refractivity contribution < 1.29 is 4.79 Å². The summed E-state index contributed by atoms with van der Waals surface area (Å²) < 4.78 is 0. The van der Waals surface area contributed by atoms with Crippen molar-refractivity contribution in [3.05, 3.63) is 113 Å². The maximum Gasteiger partial charge on any atom is 0.286 e. The SMILES string of the molecule is O=C1N=C(N2CCN(C(c3ccccc3)c3ccccc3)CC2)S/C1=C/c1ccccc1. The number of hydrogen-bond donors (Lipinski definition) is 0. The van der Waals surface area contributed by atoms with Crippen molar-refractivity contribution in [2.45, 2.75) is 6.04 Å². The summed E-state index contributed by atoms with van der Waals surface area (Å²) >= 11 is 1.49. The first-order valence-corrected chi connectivity index (χ1v) is 11.8. The number of carbonyl (C=O) groups is 1. The number of piperazine rings is 1. The lowest BCUT2D eigenvalue weighted by Gasteiger charge is -2.40. The fraction of sp³-hybridized carbons (Fsp3) is 0.185. The molecule has 1 saturated heterocycles. The molecule has 1 amide bonds. The molecule has 1 fully saturated rings. The standard InChI is InChI=1S/C27H25N3OS/c31-26-24(20-21-10-4-1-5-11-21)32-27(28-26)30-18-16-29(17-19-30)25(22-12-6-2-7-13-22)23-14-8-3-9-15-23/h1-15,20,25H,16-19H2/b24-20+. The molecule has 0 radical (unpaired) electrons. The monoisotopic (exact) mass is 439 g/mol. The average molecular weight is 440 g/mol.